The van der Waals surface area contributed by atoms with Crippen LogP contribution in [0.15, 0.2) is 24.3 Å². The molecule has 0 saturated heterocycles. The van der Waals surface area contributed by atoms with E-state index >= 15 is 0 Å². The highest BCUT2D eigenvalue weighted by Crippen LogP contribution is 2.17. The molecule has 11 nitrogen and oxygen atoms in total. The number of hydrogen-bond donors (Lipinski definition) is 5. The summed E-state index contributed by atoms with van der Waals surface area (Å²) in [5, 5.41) is 24.5. The van der Waals surface area contributed by atoms with Crippen molar-refractivity contribution in [1.29, 1.82) is 0 Å². The zero-order valence-corrected chi connectivity index (χ0v) is 17.9. The third-order valence-electron chi connectivity index (χ3n) is 3.88. The molecule has 1 aromatic rings. The van der Waals surface area contributed by atoms with E-state index in [0.29, 0.717) is 17.9 Å². The molecule has 0 saturated carbocycles. The molecule has 0 heterocycles. The third-order valence-corrected chi connectivity index (χ3v) is 3.88. The number of likely N-dealkylation sites (N-methyl/N-ethyl adjacent to an activating group) is 1. The van der Waals surface area contributed by atoms with Crippen LogP contribution in [0.25, 0.3) is 0 Å². The van der Waals surface area contributed by atoms with Crippen LogP contribution in [-0.2, 0) is 19.2 Å². The molecule has 172 valence electrons. The van der Waals surface area contributed by atoms with Crippen molar-refractivity contribution in [3.8, 4) is 5.75 Å². The molecular formula is C20H30N4O7. The van der Waals surface area contributed by atoms with Crippen molar-refractivity contribution in [3.63, 3.8) is 0 Å². The summed E-state index contributed by atoms with van der Waals surface area (Å²) in [4.78, 5) is 46.8. The van der Waals surface area contributed by atoms with Gasteiger partial charge in [0.1, 0.15) is 5.75 Å². The molecule has 1 aromatic carbocycles. The fourth-order valence-electron chi connectivity index (χ4n) is 2.51. The number of carbonyl (C=O) groups excluding carboxylic acids is 3. The van der Waals surface area contributed by atoms with Gasteiger partial charge >= 0.3 is 5.97 Å². The molecule has 11 heteroatoms. The van der Waals surface area contributed by atoms with Gasteiger partial charge in [0.15, 0.2) is 6.17 Å². The second kappa shape index (κ2) is 13.1. The number of benzene rings is 1. The maximum absolute atomic E-state index is 12.8. The molecule has 0 aliphatic rings. The number of amides is 3. The molecule has 2 atom stereocenters. The molecule has 5 N–H and O–H groups in total. The number of aliphatic hydroxyl groups is 1. The molecule has 0 fully saturated rings. The summed E-state index contributed by atoms with van der Waals surface area (Å²) in [6.07, 6.45) is -1.89. The van der Waals surface area contributed by atoms with Crippen LogP contribution >= 0.6 is 0 Å². The second-order valence-corrected chi connectivity index (χ2v) is 6.82. The maximum atomic E-state index is 12.8. The van der Waals surface area contributed by atoms with Crippen molar-refractivity contribution in [2.45, 2.75) is 52.3 Å². The Hall–Kier alpha value is -3.34. The van der Waals surface area contributed by atoms with Gasteiger partial charge in [0, 0.05) is 25.6 Å². The second-order valence-electron chi connectivity index (χ2n) is 6.82. The van der Waals surface area contributed by atoms with Crippen molar-refractivity contribution in [2.75, 3.05) is 18.5 Å². The van der Waals surface area contributed by atoms with E-state index in [-0.39, 0.29) is 26.0 Å². The largest absolute Gasteiger partial charge is 0.494 e. The number of aliphatic carboxylic acids is 1. The summed E-state index contributed by atoms with van der Waals surface area (Å²) in [5.41, 5.74) is 2.89. The standard InChI is InChI=1S/C20H30N4O7/c1-4-24(23-14(3)26)20(30)19(22-17(27)12-13(2)25)21-15-7-9-16(10-8-15)31-11-5-6-18(28)29/h7-10,13,19,21,25H,4-6,11-12H2,1-3H3,(H,22,27)(H,23,26)(H,28,29). The summed E-state index contributed by atoms with van der Waals surface area (Å²) in [5.74, 6) is -1.94. The van der Waals surface area contributed by atoms with Crippen LogP contribution in [0.3, 0.4) is 0 Å². The average Bonchev–Trinajstić information content (AvgIpc) is 2.68. The first kappa shape index (κ1) is 25.7. The van der Waals surface area contributed by atoms with Crippen molar-refractivity contribution < 1.29 is 34.1 Å². The van der Waals surface area contributed by atoms with E-state index in [1.165, 1.54) is 13.8 Å². The van der Waals surface area contributed by atoms with Gasteiger partial charge in [-0.15, -0.1) is 0 Å². The van der Waals surface area contributed by atoms with Gasteiger partial charge in [0.05, 0.1) is 19.1 Å². The molecule has 0 aromatic heterocycles. The number of hydrazine groups is 1. The maximum Gasteiger partial charge on any atom is 0.303 e. The lowest BCUT2D eigenvalue weighted by Gasteiger charge is -2.28. The highest BCUT2D eigenvalue weighted by molar-refractivity contribution is 5.90. The number of carboxylic acid groups (broad SMARTS) is 1. The Morgan fingerprint density at radius 1 is 1.16 bits per heavy atom. The van der Waals surface area contributed by atoms with E-state index in [0.717, 1.165) is 5.01 Å². The van der Waals surface area contributed by atoms with Crippen LogP contribution in [0, 0.1) is 0 Å². The fraction of sp³-hybridized carbons (Fsp3) is 0.500. The minimum Gasteiger partial charge on any atom is -0.494 e. The van der Waals surface area contributed by atoms with Crippen LogP contribution in [0.5, 0.6) is 5.75 Å². The van der Waals surface area contributed by atoms with E-state index in [4.69, 9.17) is 9.84 Å². The predicted molar refractivity (Wildman–Crippen MR) is 112 cm³/mol. The molecule has 0 aliphatic carbocycles. The van der Waals surface area contributed by atoms with Crippen LogP contribution < -0.4 is 20.8 Å². The van der Waals surface area contributed by atoms with Gasteiger partial charge in [-0.1, -0.05) is 0 Å². The Morgan fingerprint density at radius 3 is 2.32 bits per heavy atom. The Labute approximate surface area is 180 Å². The summed E-state index contributed by atoms with van der Waals surface area (Å²) in [6, 6.07) is 6.52. The number of anilines is 1. The van der Waals surface area contributed by atoms with Gasteiger partial charge in [-0.2, -0.15) is 0 Å². The number of hydrogen-bond acceptors (Lipinski definition) is 7. The van der Waals surface area contributed by atoms with Crippen LogP contribution in [-0.4, -0.2) is 64.3 Å². The van der Waals surface area contributed by atoms with Gasteiger partial charge < -0.3 is 25.6 Å². The molecule has 0 aliphatic heterocycles. The van der Waals surface area contributed by atoms with Crippen molar-refractivity contribution in [1.82, 2.24) is 15.8 Å². The topological polar surface area (TPSA) is 157 Å². The number of carboxylic acids is 1. The average molecular weight is 438 g/mol. The predicted octanol–water partition coefficient (Wildman–Crippen LogP) is 0.455. The normalized spacial score (nSPS) is 12.3. The number of nitrogens with one attached hydrogen (secondary N) is 3. The van der Waals surface area contributed by atoms with E-state index in [1.807, 2.05) is 0 Å². The van der Waals surface area contributed by atoms with Crippen LogP contribution in [0.4, 0.5) is 5.69 Å². The van der Waals surface area contributed by atoms with E-state index < -0.39 is 36.0 Å². The van der Waals surface area contributed by atoms with Crippen molar-refractivity contribution in [3.05, 3.63) is 24.3 Å². The summed E-state index contributed by atoms with van der Waals surface area (Å²) in [7, 11) is 0. The Bertz CT molecular complexity index is 752. The molecule has 3 amide bonds. The molecule has 1 rings (SSSR count). The molecule has 0 spiro atoms. The smallest absolute Gasteiger partial charge is 0.303 e. The summed E-state index contributed by atoms with van der Waals surface area (Å²) < 4.78 is 5.46. The summed E-state index contributed by atoms with van der Waals surface area (Å²) in [6.45, 7) is 4.80. The Kier molecular flexibility index (Phi) is 10.8. The first-order valence-electron chi connectivity index (χ1n) is 9.89. The monoisotopic (exact) mass is 438 g/mol. The summed E-state index contributed by atoms with van der Waals surface area (Å²) >= 11 is 0. The first-order chi connectivity index (χ1) is 14.6. The van der Waals surface area contributed by atoms with E-state index in [1.54, 1.807) is 31.2 Å². The highest BCUT2D eigenvalue weighted by atomic mass is 16.5. The third kappa shape index (κ3) is 10.3. The molecule has 0 bridgehead atoms. The first-order valence-corrected chi connectivity index (χ1v) is 9.89. The molecular weight excluding hydrogens is 408 g/mol. The lowest BCUT2D eigenvalue weighted by Crippen LogP contribution is -2.57. The van der Waals surface area contributed by atoms with Crippen molar-refractivity contribution >= 4 is 29.4 Å². The fourth-order valence-corrected chi connectivity index (χ4v) is 2.51. The quantitative estimate of drug-likeness (QED) is 0.179. The lowest BCUT2D eigenvalue weighted by atomic mass is 10.2. The van der Waals surface area contributed by atoms with Gasteiger partial charge in [-0.05, 0) is 44.5 Å². The number of aliphatic hydroxyl groups excluding tert-OH is 1. The van der Waals surface area contributed by atoms with Gasteiger partial charge in [-0.25, -0.2) is 0 Å². The number of nitrogens with zero attached hydrogens (tertiary/aromatic N) is 1. The van der Waals surface area contributed by atoms with Gasteiger partial charge in [0.2, 0.25) is 11.8 Å². The molecule has 31 heavy (non-hydrogen) atoms. The van der Waals surface area contributed by atoms with Gasteiger partial charge in [0.25, 0.3) is 5.91 Å². The highest BCUT2D eigenvalue weighted by Gasteiger charge is 2.26. The molecule has 2 unspecified atom stereocenters. The van der Waals surface area contributed by atoms with Crippen molar-refractivity contribution in [2.24, 2.45) is 0 Å². The molecule has 0 radical (unpaired) electrons. The lowest BCUT2D eigenvalue weighted by molar-refractivity contribution is -0.143. The number of carbonyl (C=O) groups is 4. The zero-order valence-electron chi connectivity index (χ0n) is 17.9. The number of rotatable bonds is 12. The number of ether oxygens (including phenoxy) is 1. The van der Waals surface area contributed by atoms with Crippen LogP contribution in [0.2, 0.25) is 0 Å². The van der Waals surface area contributed by atoms with E-state index in [2.05, 4.69) is 16.1 Å². The van der Waals surface area contributed by atoms with E-state index in [9.17, 15) is 24.3 Å². The minimum atomic E-state index is -1.19. The van der Waals surface area contributed by atoms with Gasteiger partial charge in [-0.3, -0.25) is 29.6 Å². The zero-order chi connectivity index (χ0) is 23.4. The Balaban J connectivity index is 2.85. The minimum absolute atomic E-state index is 0.0117. The SMILES string of the molecule is CCN(NC(C)=O)C(=O)C(NC(=O)CC(C)O)Nc1ccc(OCCCC(=O)O)cc1. The van der Waals surface area contributed by atoms with Crippen LogP contribution in [0.1, 0.15) is 40.0 Å². The Morgan fingerprint density at radius 2 is 1.81 bits per heavy atom.